The van der Waals surface area contributed by atoms with E-state index in [1.807, 2.05) is 12.1 Å². The highest BCUT2D eigenvalue weighted by Crippen LogP contribution is 2.25. The largest absolute Gasteiger partial charge is 0.330 e. The van der Waals surface area contributed by atoms with Crippen LogP contribution in [0, 0.1) is 11.6 Å². The van der Waals surface area contributed by atoms with Gasteiger partial charge < -0.3 is 10.2 Å². The number of halogens is 3. The molecule has 3 rings (SSSR count). The number of nitrogens with zero attached hydrogens (tertiary/aromatic N) is 2. The van der Waals surface area contributed by atoms with Gasteiger partial charge in [-0.05, 0) is 56.6 Å². The monoisotopic (exact) mass is 379 g/mol. The van der Waals surface area contributed by atoms with Gasteiger partial charge in [0.05, 0.1) is 22.8 Å². The van der Waals surface area contributed by atoms with Crippen molar-refractivity contribution in [3.63, 3.8) is 0 Å². The number of pyridine rings is 1. The number of benzene rings is 1. The maximum atomic E-state index is 13.7. The van der Waals surface area contributed by atoms with E-state index in [1.54, 1.807) is 17.2 Å². The van der Waals surface area contributed by atoms with E-state index in [4.69, 9.17) is 11.6 Å². The summed E-state index contributed by atoms with van der Waals surface area (Å²) >= 11 is 6.03. The second-order valence-corrected chi connectivity index (χ2v) is 6.74. The number of carbonyl (C=O) groups excluding carboxylic acids is 1. The zero-order valence-electron chi connectivity index (χ0n) is 14.2. The Morgan fingerprint density at radius 3 is 2.81 bits per heavy atom. The van der Waals surface area contributed by atoms with Gasteiger partial charge in [-0.2, -0.15) is 0 Å². The normalized spacial score (nSPS) is 17.6. The van der Waals surface area contributed by atoms with Crippen LogP contribution in [0.4, 0.5) is 8.78 Å². The van der Waals surface area contributed by atoms with Gasteiger partial charge in [0, 0.05) is 12.2 Å². The Hall–Kier alpha value is -2.05. The Balaban J connectivity index is 1.93. The molecule has 1 saturated heterocycles. The molecule has 0 aliphatic carbocycles. The van der Waals surface area contributed by atoms with Crippen LogP contribution in [0.3, 0.4) is 0 Å². The van der Waals surface area contributed by atoms with Crippen molar-refractivity contribution in [2.45, 2.75) is 31.8 Å². The smallest absolute Gasteiger partial charge is 0.256 e. The first-order chi connectivity index (χ1) is 12.6. The van der Waals surface area contributed by atoms with E-state index in [0.717, 1.165) is 50.2 Å². The predicted octanol–water partition coefficient (Wildman–Crippen LogP) is 3.80. The Labute approximate surface area is 156 Å². The van der Waals surface area contributed by atoms with E-state index in [2.05, 4.69) is 10.3 Å². The molecule has 1 atom stereocenters. The number of nitrogens with one attached hydrogen (secondary N) is 1. The molecule has 0 bridgehead atoms. The van der Waals surface area contributed by atoms with Gasteiger partial charge in [-0.15, -0.1) is 0 Å². The number of carbonyl (C=O) groups is 1. The van der Waals surface area contributed by atoms with Crippen LogP contribution in [0.25, 0.3) is 0 Å². The van der Waals surface area contributed by atoms with Crippen molar-refractivity contribution in [3.8, 4) is 0 Å². The number of hydrogen-bond acceptors (Lipinski definition) is 3. The molecular formula is C19H20ClF2N3O. The lowest BCUT2D eigenvalue weighted by molar-refractivity contribution is 0.0642. The summed E-state index contributed by atoms with van der Waals surface area (Å²) in [5, 5.41) is 3.22. The molecule has 1 amide bonds. The summed E-state index contributed by atoms with van der Waals surface area (Å²) in [6.45, 7) is 1.98. The molecule has 26 heavy (non-hydrogen) atoms. The van der Waals surface area contributed by atoms with E-state index in [-0.39, 0.29) is 16.6 Å². The summed E-state index contributed by atoms with van der Waals surface area (Å²) in [7, 11) is 0. The molecule has 2 aromatic rings. The van der Waals surface area contributed by atoms with Crippen LogP contribution in [0.15, 0.2) is 36.5 Å². The summed E-state index contributed by atoms with van der Waals surface area (Å²) in [6.07, 6.45) is 4.20. The average Bonchev–Trinajstić information content (AvgIpc) is 2.92. The van der Waals surface area contributed by atoms with Crippen LogP contribution >= 0.6 is 11.6 Å². The second-order valence-electron chi connectivity index (χ2n) is 6.34. The third kappa shape index (κ3) is 4.37. The van der Waals surface area contributed by atoms with Crippen LogP contribution in [0.1, 0.15) is 35.3 Å². The number of amides is 1. The second kappa shape index (κ2) is 8.56. The topological polar surface area (TPSA) is 45.2 Å². The minimum atomic E-state index is -1.09. The average molecular weight is 380 g/mol. The van der Waals surface area contributed by atoms with Gasteiger partial charge in [-0.25, -0.2) is 8.78 Å². The fraction of sp³-hybridized carbons (Fsp3) is 0.368. The first-order valence-corrected chi connectivity index (χ1v) is 9.00. The van der Waals surface area contributed by atoms with E-state index in [1.165, 1.54) is 0 Å². The molecule has 1 aromatic heterocycles. The van der Waals surface area contributed by atoms with Crippen LogP contribution in [0.5, 0.6) is 0 Å². The highest BCUT2D eigenvalue weighted by Gasteiger charge is 2.28. The van der Waals surface area contributed by atoms with E-state index in [9.17, 15) is 13.6 Å². The molecule has 1 aromatic carbocycles. The standard InChI is InChI=1S/C19H20ClF2N3O/c20-16-11-18(22)17(21)10-15(16)19(26)25(12-13-4-1-2-8-24-13)14-5-3-7-23-9-6-14/h1-2,4,8,10-11,14,23H,3,5-7,9,12H2. The molecule has 1 aliphatic rings. The van der Waals surface area contributed by atoms with Crippen LogP contribution in [-0.4, -0.2) is 34.9 Å². The zero-order chi connectivity index (χ0) is 18.5. The van der Waals surface area contributed by atoms with Gasteiger partial charge in [-0.1, -0.05) is 17.7 Å². The summed E-state index contributed by atoms with van der Waals surface area (Å²) in [6, 6.07) is 7.19. The molecule has 1 N–H and O–H groups in total. The molecule has 4 nitrogen and oxygen atoms in total. The lowest BCUT2D eigenvalue weighted by Gasteiger charge is -2.31. The molecule has 1 fully saturated rings. The Morgan fingerprint density at radius 2 is 2.04 bits per heavy atom. The Kier molecular flexibility index (Phi) is 6.16. The van der Waals surface area contributed by atoms with E-state index < -0.39 is 17.5 Å². The zero-order valence-corrected chi connectivity index (χ0v) is 15.0. The predicted molar refractivity (Wildman–Crippen MR) is 96.0 cm³/mol. The fourth-order valence-corrected chi connectivity index (χ4v) is 3.42. The van der Waals surface area contributed by atoms with Gasteiger partial charge >= 0.3 is 0 Å². The van der Waals surface area contributed by atoms with E-state index >= 15 is 0 Å². The van der Waals surface area contributed by atoms with Crippen molar-refractivity contribution in [2.75, 3.05) is 13.1 Å². The van der Waals surface area contributed by atoms with Crippen molar-refractivity contribution in [2.24, 2.45) is 0 Å². The highest BCUT2D eigenvalue weighted by molar-refractivity contribution is 6.33. The van der Waals surface area contributed by atoms with Gasteiger partial charge in [0.15, 0.2) is 11.6 Å². The SMILES string of the molecule is O=C(c1cc(F)c(F)cc1Cl)N(Cc1ccccn1)C1CCCNCC1. The van der Waals surface area contributed by atoms with Gasteiger partial charge in [0.1, 0.15) is 0 Å². The van der Waals surface area contributed by atoms with Crippen molar-refractivity contribution in [1.82, 2.24) is 15.2 Å². The minimum absolute atomic E-state index is 0.0244. The molecule has 7 heteroatoms. The van der Waals surface area contributed by atoms with Gasteiger partial charge in [0.2, 0.25) is 0 Å². The molecular weight excluding hydrogens is 360 g/mol. The minimum Gasteiger partial charge on any atom is -0.330 e. The van der Waals surface area contributed by atoms with Crippen molar-refractivity contribution in [1.29, 1.82) is 0 Å². The molecule has 138 valence electrons. The molecule has 1 aliphatic heterocycles. The lowest BCUT2D eigenvalue weighted by Crippen LogP contribution is -2.40. The van der Waals surface area contributed by atoms with Gasteiger partial charge in [0.25, 0.3) is 5.91 Å². The fourth-order valence-electron chi connectivity index (χ4n) is 3.19. The molecule has 2 heterocycles. The van der Waals surface area contributed by atoms with Crippen molar-refractivity contribution < 1.29 is 13.6 Å². The van der Waals surface area contributed by atoms with Crippen LogP contribution in [0.2, 0.25) is 5.02 Å². The third-order valence-electron chi connectivity index (χ3n) is 4.55. The number of rotatable bonds is 4. The molecule has 0 saturated carbocycles. The molecule has 0 radical (unpaired) electrons. The summed E-state index contributed by atoms with van der Waals surface area (Å²) in [4.78, 5) is 19.1. The Morgan fingerprint density at radius 1 is 1.23 bits per heavy atom. The number of hydrogen-bond donors (Lipinski definition) is 1. The third-order valence-corrected chi connectivity index (χ3v) is 4.86. The van der Waals surface area contributed by atoms with Crippen molar-refractivity contribution in [3.05, 3.63) is 64.4 Å². The Bertz CT molecular complexity index is 765. The van der Waals surface area contributed by atoms with Crippen LogP contribution in [-0.2, 0) is 6.54 Å². The first-order valence-electron chi connectivity index (χ1n) is 8.62. The van der Waals surface area contributed by atoms with Crippen molar-refractivity contribution >= 4 is 17.5 Å². The van der Waals surface area contributed by atoms with Gasteiger partial charge in [-0.3, -0.25) is 9.78 Å². The maximum Gasteiger partial charge on any atom is 0.256 e. The highest BCUT2D eigenvalue weighted by atomic mass is 35.5. The maximum absolute atomic E-state index is 13.7. The summed E-state index contributed by atoms with van der Waals surface area (Å²) in [5.41, 5.74) is 0.704. The number of aromatic nitrogens is 1. The lowest BCUT2D eigenvalue weighted by atomic mass is 10.0. The summed E-state index contributed by atoms with van der Waals surface area (Å²) < 4.78 is 27.1. The first kappa shape index (κ1) is 18.7. The molecule has 1 unspecified atom stereocenters. The quantitative estimate of drug-likeness (QED) is 0.822. The molecule has 0 spiro atoms. The van der Waals surface area contributed by atoms with Crippen LogP contribution < -0.4 is 5.32 Å². The summed E-state index contributed by atoms with van der Waals surface area (Å²) in [5.74, 6) is -2.56. The van der Waals surface area contributed by atoms with E-state index in [0.29, 0.717) is 6.54 Å².